The van der Waals surface area contributed by atoms with Crippen molar-refractivity contribution in [2.45, 2.75) is 142 Å². The van der Waals surface area contributed by atoms with E-state index in [0.29, 0.717) is 32.5 Å². The summed E-state index contributed by atoms with van der Waals surface area (Å²) in [7, 11) is 0. The Morgan fingerprint density at radius 2 is 1.75 bits per heavy atom. The van der Waals surface area contributed by atoms with Crippen LogP contribution in [0.2, 0.25) is 0 Å². The molecule has 1 aromatic heterocycles. The van der Waals surface area contributed by atoms with Gasteiger partial charge in [-0.25, -0.2) is 4.79 Å². The van der Waals surface area contributed by atoms with Gasteiger partial charge in [-0.1, -0.05) is 86.6 Å². The minimum absolute atomic E-state index is 0.143. The molecular weight excluding hydrogens is 713 g/mol. The Morgan fingerprint density at radius 1 is 1.08 bits per heavy atom. The lowest BCUT2D eigenvalue weighted by molar-refractivity contribution is -0.145. The van der Waals surface area contributed by atoms with Gasteiger partial charge in [-0.05, 0) is 59.8 Å². The van der Waals surface area contributed by atoms with E-state index in [2.05, 4.69) is 40.1 Å². The molecule has 1 aromatic rings. The number of carbonyl (C=O) groups excluding carboxylic acids is 5. The van der Waals surface area contributed by atoms with Crippen LogP contribution >= 0.6 is 23.4 Å². The van der Waals surface area contributed by atoms with Crippen LogP contribution in [-0.2, 0) is 25.7 Å². The molecule has 0 radical (unpaired) electrons. The molecule has 0 aromatic carbocycles. The fourth-order valence-electron chi connectivity index (χ4n) is 7.30. The molecular formula is C39H64N6O6S2. The second-order valence-corrected chi connectivity index (χ2v) is 17.6. The molecule has 2 aliphatic carbocycles. The number of amides is 5. The third-order valence-electron chi connectivity index (χ3n) is 10.8. The van der Waals surface area contributed by atoms with Gasteiger partial charge < -0.3 is 36.0 Å². The number of Topliss-reactive ketones (excluding diaryl/α,β-unsaturated/α-hetero) is 1. The van der Waals surface area contributed by atoms with Crippen LogP contribution in [0.4, 0.5) is 4.79 Å². The molecule has 53 heavy (non-hydrogen) atoms. The first kappa shape index (κ1) is 44.5. The van der Waals surface area contributed by atoms with E-state index in [4.69, 9.17) is 0 Å². The fraction of sp³-hybridized carbons (Fsp3) is 0.718. The largest absolute Gasteiger partial charge is 0.346 e. The fourth-order valence-corrected chi connectivity index (χ4v) is 8.68. The zero-order chi connectivity index (χ0) is 39.3. The summed E-state index contributed by atoms with van der Waals surface area (Å²) in [4.78, 5) is 71.6. The molecule has 5 amide bonds. The Balaban J connectivity index is 0.00000372. The first-order valence-corrected chi connectivity index (χ1v) is 21.0. The number of hydrogen-bond donors (Lipinski definition) is 6. The molecule has 6 N–H and O–H groups in total. The number of nitrogens with one attached hydrogen (secondary N) is 5. The van der Waals surface area contributed by atoms with Crippen molar-refractivity contribution in [3.63, 3.8) is 0 Å². The van der Waals surface area contributed by atoms with Gasteiger partial charge in [0.2, 0.25) is 17.6 Å². The Kier molecular flexibility index (Phi) is 17.3. The number of rotatable bonds is 17. The second kappa shape index (κ2) is 20.7. The third-order valence-corrected chi connectivity index (χ3v) is 12.4. The molecule has 1 aliphatic heterocycles. The van der Waals surface area contributed by atoms with Crippen LogP contribution in [0.1, 0.15) is 111 Å². The number of likely N-dealkylation sites (tertiary alicyclic amines) is 1. The SMILES string of the molecule is C=CCNC(=O)C(=O)C(CC1CC1)NC(=O)C1C(C)CCN1C(=O)C(NC(=O)NC(CNCc1sccc1SO)C(C)(C)C)C1(C)CCCCC1.CC. The quantitative estimate of drug-likeness (QED) is 0.0649. The van der Waals surface area contributed by atoms with Crippen molar-refractivity contribution in [2.75, 3.05) is 19.6 Å². The molecule has 298 valence electrons. The number of hydrogen-bond acceptors (Lipinski definition) is 9. The highest BCUT2D eigenvalue weighted by Gasteiger charge is 2.48. The van der Waals surface area contributed by atoms with Gasteiger partial charge in [0.1, 0.15) is 12.1 Å². The Bertz CT molecular complexity index is 1400. The van der Waals surface area contributed by atoms with Crippen molar-refractivity contribution in [1.29, 1.82) is 0 Å². The van der Waals surface area contributed by atoms with E-state index in [0.717, 1.165) is 66.8 Å². The van der Waals surface area contributed by atoms with Crippen molar-refractivity contribution in [2.24, 2.45) is 22.7 Å². The summed E-state index contributed by atoms with van der Waals surface area (Å²) in [5.41, 5.74) is -0.826. The van der Waals surface area contributed by atoms with Gasteiger partial charge in [-0.3, -0.25) is 19.2 Å². The van der Waals surface area contributed by atoms with Crippen LogP contribution in [0, 0.1) is 22.7 Å². The maximum Gasteiger partial charge on any atom is 0.315 e. The van der Waals surface area contributed by atoms with Crippen molar-refractivity contribution in [3.8, 4) is 0 Å². The number of urea groups is 1. The van der Waals surface area contributed by atoms with Crippen molar-refractivity contribution in [3.05, 3.63) is 29.0 Å². The molecule has 2 heterocycles. The van der Waals surface area contributed by atoms with Crippen LogP contribution in [0.3, 0.4) is 0 Å². The van der Waals surface area contributed by atoms with Gasteiger partial charge in [0.05, 0.1) is 10.9 Å². The van der Waals surface area contributed by atoms with E-state index < -0.39 is 47.2 Å². The van der Waals surface area contributed by atoms with Crippen LogP contribution < -0.4 is 26.6 Å². The average molecular weight is 777 g/mol. The summed E-state index contributed by atoms with van der Waals surface area (Å²) in [6.45, 7) is 19.2. The lowest BCUT2D eigenvalue weighted by Crippen LogP contribution is -2.63. The second-order valence-electron chi connectivity index (χ2n) is 16.0. The molecule has 5 unspecified atom stereocenters. The molecule has 5 atom stereocenters. The molecule has 14 heteroatoms. The number of ketones is 1. The molecule has 1 saturated heterocycles. The van der Waals surface area contributed by atoms with E-state index in [9.17, 15) is 28.5 Å². The third kappa shape index (κ3) is 12.5. The Labute approximate surface area is 325 Å². The van der Waals surface area contributed by atoms with Gasteiger partial charge in [-0.2, -0.15) is 0 Å². The van der Waals surface area contributed by atoms with Gasteiger partial charge in [0.15, 0.2) is 0 Å². The highest BCUT2D eigenvalue weighted by Crippen LogP contribution is 2.41. The van der Waals surface area contributed by atoms with Crippen molar-refractivity contribution in [1.82, 2.24) is 31.5 Å². The molecule has 0 spiro atoms. The topological polar surface area (TPSA) is 169 Å². The van der Waals surface area contributed by atoms with Gasteiger partial charge in [0.25, 0.3) is 5.91 Å². The monoisotopic (exact) mass is 776 g/mol. The van der Waals surface area contributed by atoms with E-state index in [1.807, 2.05) is 53.0 Å². The summed E-state index contributed by atoms with van der Waals surface area (Å²) in [6.07, 6.45) is 8.80. The zero-order valence-electron chi connectivity index (χ0n) is 32.8. The summed E-state index contributed by atoms with van der Waals surface area (Å²) in [6, 6.07) is -1.55. The van der Waals surface area contributed by atoms with E-state index in [-0.39, 0.29) is 35.7 Å². The number of thiophene rings is 1. The smallest absolute Gasteiger partial charge is 0.315 e. The lowest BCUT2D eigenvalue weighted by atomic mass is 9.70. The van der Waals surface area contributed by atoms with Gasteiger partial charge in [-0.15, -0.1) is 17.9 Å². The first-order chi connectivity index (χ1) is 25.2. The predicted molar refractivity (Wildman–Crippen MR) is 213 cm³/mol. The summed E-state index contributed by atoms with van der Waals surface area (Å²) < 4.78 is 9.55. The van der Waals surface area contributed by atoms with Gasteiger partial charge >= 0.3 is 6.03 Å². The van der Waals surface area contributed by atoms with Crippen LogP contribution in [0.15, 0.2) is 29.0 Å². The van der Waals surface area contributed by atoms with E-state index in [1.54, 1.807) is 16.2 Å². The summed E-state index contributed by atoms with van der Waals surface area (Å²) in [5, 5.41) is 16.9. The summed E-state index contributed by atoms with van der Waals surface area (Å²) >= 11 is 2.27. The maximum absolute atomic E-state index is 14.7. The van der Waals surface area contributed by atoms with E-state index in [1.165, 1.54) is 6.08 Å². The van der Waals surface area contributed by atoms with Crippen molar-refractivity contribution < 1.29 is 28.5 Å². The molecule has 12 nitrogen and oxygen atoms in total. The minimum atomic E-state index is -0.980. The Morgan fingerprint density at radius 3 is 2.36 bits per heavy atom. The predicted octanol–water partition coefficient (Wildman–Crippen LogP) is 5.88. The standard InChI is InChI=1S/C37H58N6O6S2.C2H6/c1-7-17-39-33(46)30(44)25(20-24-11-12-24)40-32(45)29-23(2)13-18-43(29)34(47)31(37(6)15-9-8-10-16-37)42-35(48)41-28(36(3,4)5)22-38-21-27-26(51-49)14-19-50-27;1-2/h7,14,19,23-25,28-29,31,38,49H,1,8-13,15-18,20-22H2,2-6H3,(H,39,46)(H,40,45)(H2,41,42,48);1-2H3. The lowest BCUT2D eigenvalue weighted by Gasteiger charge is -2.43. The highest BCUT2D eigenvalue weighted by molar-refractivity contribution is 7.94. The number of nitrogens with zero attached hydrogens (tertiary/aromatic N) is 1. The average Bonchev–Trinajstić information content (AvgIpc) is 3.68. The molecule has 4 rings (SSSR count). The van der Waals surface area contributed by atoms with Gasteiger partial charge in [0, 0.05) is 49.1 Å². The molecule has 3 fully saturated rings. The Hall–Kier alpha value is -2.94. The maximum atomic E-state index is 14.7. The van der Waals surface area contributed by atoms with Crippen LogP contribution in [-0.4, -0.2) is 82.8 Å². The van der Waals surface area contributed by atoms with Crippen LogP contribution in [0.5, 0.6) is 0 Å². The molecule has 2 saturated carbocycles. The van der Waals surface area contributed by atoms with Crippen LogP contribution in [0.25, 0.3) is 0 Å². The zero-order valence-corrected chi connectivity index (χ0v) is 34.5. The van der Waals surface area contributed by atoms with Crippen molar-refractivity contribution >= 4 is 52.9 Å². The van der Waals surface area contributed by atoms with E-state index >= 15 is 0 Å². The molecule has 3 aliphatic rings. The summed E-state index contributed by atoms with van der Waals surface area (Å²) in [5.74, 6) is -2.13. The first-order valence-electron chi connectivity index (χ1n) is 19.4. The minimum Gasteiger partial charge on any atom is -0.346 e. The molecule has 0 bridgehead atoms. The highest BCUT2D eigenvalue weighted by atomic mass is 32.2. The normalized spacial score (nSPS) is 21.2. The number of carbonyl (C=O) groups is 5.